The third kappa shape index (κ3) is 2.90. The Kier molecular flexibility index (Phi) is 3.67. The molecule has 23 heavy (non-hydrogen) atoms. The normalized spacial score (nSPS) is 18.7. The average Bonchev–Trinajstić information content (AvgIpc) is 3.21. The van der Waals surface area contributed by atoms with Crippen molar-refractivity contribution in [2.45, 2.75) is 32.0 Å². The predicted molar refractivity (Wildman–Crippen MR) is 89.6 cm³/mol. The van der Waals surface area contributed by atoms with Crippen LogP contribution in [0.5, 0.6) is 0 Å². The zero-order chi connectivity index (χ0) is 15.6. The molecule has 118 valence electrons. The summed E-state index contributed by atoms with van der Waals surface area (Å²) < 4.78 is 2.00. The van der Waals surface area contributed by atoms with Gasteiger partial charge in [0.1, 0.15) is 11.6 Å². The first-order valence-electron chi connectivity index (χ1n) is 8.02. The van der Waals surface area contributed by atoms with Crippen LogP contribution in [0.3, 0.4) is 0 Å². The molecule has 6 nitrogen and oxygen atoms in total. The molecule has 0 spiro atoms. The third-order valence-electron chi connectivity index (χ3n) is 4.48. The summed E-state index contributed by atoms with van der Waals surface area (Å²) in [4.78, 5) is 11.6. The lowest BCUT2D eigenvalue weighted by Crippen LogP contribution is -2.33. The molecule has 4 rings (SSSR count). The van der Waals surface area contributed by atoms with Gasteiger partial charge >= 0.3 is 0 Å². The monoisotopic (exact) mass is 308 g/mol. The SMILES string of the molecule is Nc1nc(CN2CCC[C@H]2Cn2cccn2)nc2ccccc12. The lowest BCUT2D eigenvalue weighted by Gasteiger charge is -2.23. The summed E-state index contributed by atoms with van der Waals surface area (Å²) >= 11 is 0. The minimum absolute atomic E-state index is 0.478. The number of nitrogen functional groups attached to an aromatic ring is 1. The highest BCUT2D eigenvalue weighted by Crippen LogP contribution is 2.22. The van der Waals surface area contributed by atoms with E-state index in [0.717, 1.165) is 36.4 Å². The van der Waals surface area contributed by atoms with E-state index in [0.29, 0.717) is 11.9 Å². The van der Waals surface area contributed by atoms with Gasteiger partial charge in [0, 0.05) is 23.8 Å². The van der Waals surface area contributed by atoms with Crippen LogP contribution < -0.4 is 5.73 Å². The zero-order valence-electron chi connectivity index (χ0n) is 13.0. The van der Waals surface area contributed by atoms with Crippen molar-refractivity contribution in [1.29, 1.82) is 0 Å². The van der Waals surface area contributed by atoms with E-state index in [1.807, 2.05) is 47.4 Å². The molecular weight excluding hydrogens is 288 g/mol. The number of fused-ring (bicyclic) bond motifs is 1. The first-order chi connectivity index (χ1) is 11.3. The van der Waals surface area contributed by atoms with Crippen LogP contribution >= 0.6 is 0 Å². The Balaban J connectivity index is 1.54. The highest BCUT2D eigenvalue weighted by atomic mass is 15.3. The van der Waals surface area contributed by atoms with E-state index in [9.17, 15) is 0 Å². The molecule has 0 aliphatic carbocycles. The second-order valence-corrected chi connectivity index (χ2v) is 6.04. The van der Waals surface area contributed by atoms with Gasteiger partial charge in [-0.3, -0.25) is 9.58 Å². The first kappa shape index (κ1) is 14.1. The molecule has 2 N–H and O–H groups in total. The summed E-state index contributed by atoms with van der Waals surface area (Å²) in [5.74, 6) is 1.36. The number of nitrogens with two attached hydrogens (primary N) is 1. The maximum Gasteiger partial charge on any atom is 0.145 e. The quantitative estimate of drug-likeness (QED) is 0.799. The Morgan fingerprint density at radius 3 is 2.96 bits per heavy atom. The number of para-hydroxylation sites is 1. The van der Waals surface area contributed by atoms with E-state index < -0.39 is 0 Å². The second kappa shape index (κ2) is 5.96. The molecule has 0 radical (unpaired) electrons. The van der Waals surface area contributed by atoms with Crippen LogP contribution in [0.15, 0.2) is 42.7 Å². The van der Waals surface area contributed by atoms with Crippen molar-refractivity contribution >= 4 is 16.7 Å². The topological polar surface area (TPSA) is 72.9 Å². The van der Waals surface area contributed by atoms with E-state index in [2.05, 4.69) is 20.0 Å². The molecule has 0 saturated carbocycles. The number of nitrogens with zero attached hydrogens (tertiary/aromatic N) is 5. The Hall–Kier alpha value is -2.47. The number of hydrogen-bond acceptors (Lipinski definition) is 5. The van der Waals surface area contributed by atoms with Crippen molar-refractivity contribution < 1.29 is 0 Å². The summed E-state index contributed by atoms with van der Waals surface area (Å²) in [6.45, 7) is 2.72. The average molecular weight is 308 g/mol. The molecular formula is C17H20N6. The fraction of sp³-hybridized carbons (Fsp3) is 0.353. The van der Waals surface area contributed by atoms with E-state index >= 15 is 0 Å². The molecule has 1 aliphatic heterocycles. The van der Waals surface area contributed by atoms with Crippen LogP contribution in [0, 0.1) is 0 Å². The maximum atomic E-state index is 6.09. The van der Waals surface area contributed by atoms with E-state index in [1.54, 1.807) is 0 Å². The predicted octanol–water partition coefficient (Wildman–Crippen LogP) is 2.07. The van der Waals surface area contributed by atoms with Gasteiger partial charge in [0.2, 0.25) is 0 Å². The fourth-order valence-corrected chi connectivity index (χ4v) is 3.34. The summed E-state index contributed by atoms with van der Waals surface area (Å²) in [6, 6.07) is 10.3. The molecule has 1 aromatic carbocycles. The van der Waals surface area contributed by atoms with E-state index in [4.69, 9.17) is 5.73 Å². The van der Waals surface area contributed by atoms with Gasteiger partial charge in [-0.25, -0.2) is 9.97 Å². The number of hydrogen-bond donors (Lipinski definition) is 1. The molecule has 2 aromatic heterocycles. The highest BCUT2D eigenvalue weighted by molar-refractivity contribution is 5.87. The second-order valence-electron chi connectivity index (χ2n) is 6.04. The van der Waals surface area contributed by atoms with Gasteiger partial charge in [-0.15, -0.1) is 0 Å². The number of aromatic nitrogens is 4. The van der Waals surface area contributed by atoms with Gasteiger partial charge in [0.25, 0.3) is 0 Å². The molecule has 0 bridgehead atoms. The molecule has 3 aromatic rings. The molecule has 1 aliphatic rings. The van der Waals surface area contributed by atoms with Crippen LogP contribution in [0.4, 0.5) is 5.82 Å². The molecule has 1 fully saturated rings. The smallest absolute Gasteiger partial charge is 0.145 e. The van der Waals surface area contributed by atoms with Crippen molar-refractivity contribution in [3.63, 3.8) is 0 Å². The lowest BCUT2D eigenvalue weighted by molar-refractivity contribution is 0.214. The minimum atomic E-state index is 0.478. The van der Waals surface area contributed by atoms with E-state index in [-0.39, 0.29) is 0 Å². The number of likely N-dealkylation sites (tertiary alicyclic amines) is 1. The summed E-state index contributed by atoms with van der Waals surface area (Å²) in [5.41, 5.74) is 7.01. The number of rotatable bonds is 4. The van der Waals surface area contributed by atoms with Gasteiger partial charge in [-0.2, -0.15) is 5.10 Å². The van der Waals surface area contributed by atoms with Gasteiger partial charge in [-0.1, -0.05) is 12.1 Å². The van der Waals surface area contributed by atoms with Gasteiger partial charge in [0.05, 0.1) is 18.6 Å². The van der Waals surface area contributed by atoms with Crippen molar-refractivity contribution in [2.75, 3.05) is 12.3 Å². The van der Waals surface area contributed by atoms with Gasteiger partial charge < -0.3 is 5.73 Å². The van der Waals surface area contributed by atoms with Crippen LogP contribution in [0.1, 0.15) is 18.7 Å². The minimum Gasteiger partial charge on any atom is -0.383 e. The van der Waals surface area contributed by atoms with Gasteiger partial charge in [-0.05, 0) is 37.6 Å². The van der Waals surface area contributed by atoms with Crippen LogP contribution in [-0.4, -0.2) is 37.2 Å². The Morgan fingerprint density at radius 1 is 1.17 bits per heavy atom. The summed E-state index contributed by atoms with van der Waals surface area (Å²) in [7, 11) is 0. The first-order valence-corrected chi connectivity index (χ1v) is 8.02. The largest absolute Gasteiger partial charge is 0.383 e. The molecule has 1 saturated heterocycles. The maximum absolute atomic E-state index is 6.09. The Bertz CT molecular complexity index is 798. The van der Waals surface area contributed by atoms with Crippen molar-refractivity contribution in [1.82, 2.24) is 24.6 Å². The third-order valence-corrected chi connectivity index (χ3v) is 4.48. The Morgan fingerprint density at radius 2 is 2.09 bits per heavy atom. The summed E-state index contributed by atoms with van der Waals surface area (Å²) in [6.07, 6.45) is 6.23. The van der Waals surface area contributed by atoms with Crippen molar-refractivity contribution in [3.8, 4) is 0 Å². The van der Waals surface area contributed by atoms with E-state index in [1.165, 1.54) is 12.8 Å². The molecule has 0 amide bonds. The van der Waals surface area contributed by atoms with Crippen molar-refractivity contribution in [3.05, 3.63) is 48.5 Å². The summed E-state index contributed by atoms with van der Waals surface area (Å²) in [5, 5.41) is 5.24. The standard InChI is InChI=1S/C17H20N6/c18-17-14-6-1-2-7-15(14)20-16(21-17)12-22-9-3-5-13(22)11-23-10-4-8-19-23/h1-2,4,6-8,10,13H,3,5,9,11-12H2,(H2,18,20,21)/t13-/m0/s1. The zero-order valence-corrected chi connectivity index (χ0v) is 13.0. The van der Waals surface area contributed by atoms with Crippen molar-refractivity contribution in [2.24, 2.45) is 0 Å². The molecule has 6 heteroatoms. The number of anilines is 1. The molecule has 3 heterocycles. The van der Waals surface area contributed by atoms with Crippen LogP contribution in [-0.2, 0) is 13.1 Å². The highest BCUT2D eigenvalue weighted by Gasteiger charge is 2.26. The lowest BCUT2D eigenvalue weighted by atomic mass is 10.2. The molecule has 1 atom stereocenters. The molecule has 0 unspecified atom stereocenters. The number of benzene rings is 1. The van der Waals surface area contributed by atoms with Gasteiger partial charge in [0.15, 0.2) is 0 Å². The fourth-order valence-electron chi connectivity index (χ4n) is 3.34. The Labute approximate surface area is 135 Å². The van der Waals surface area contributed by atoms with Crippen LogP contribution in [0.2, 0.25) is 0 Å². The van der Waals surface area contributed by atoms with Crippen LogP contribution in [0.25, 0.3) is 10.9 Å².